The van der Waals surface area contributed by atoms with Crippen LogP contribution in [0.5, 0.6) is 0 Å². The first-order chi connectivity index (χ1) is 9.63. The van der Waals surface area contributed by atoms with Gasteiger partial charge in [0.05, 0.1) is 12.7 Å². The Morgan fingerprint density at radius 2 is 2.05 bits per heavy atom. The van der Waals surface area contributed by atoms with Gasteiger partial charge in [0.15, 0.2) is 0 Å². The van der Waals surface area contributed by atoms with Gasteiger partial charge in [0, 0.05) is 31.5 Å². The first-order valence-corrected chi connectivity index (χ1v) is 6.62. The molecule has 20 heavy (non-hydrogen) atoms. The summed E-state index contributed by atoms with van der Waals surface area (Å²) in [5.74, 6) is -0.801. The fourth-order valence-corrected chi connectivity index (χ4v) is 2.02. The van der Waals surface area contributed by atoms with Crippen LogP contribution in [0.2, 0.25) is 0 Å². The highest BCUT2D eigenvalue weighted by molar-refractivity contribution is 5.70. The maximum atomic E-state index is 10.6. The minimum Gasteiger partial charge on any atom is -0.481 e. The highest BCUT2D eigenvalue weighted by Gasteiger charge is 2.03. The van der Waals surface area contributed by atoms with Crippen LogP contribution in [0.4, 0.5) is 0 Å². The van der Waals surface area contributed by atoms with Gasteiger partial charge in [0.25, 0.3) is 0 Å². The number of aliphatic carboxylic acids is 1. The van der Waals surface area contributed by atoms with Gasteiger partial charge in [-0.25, -0.2) is 4.98 Å². The molecule has 106 valence electrons. The van der Waals surface area contributed by atoms with Gasteiger partial charge in [-0.05, 0) is 18.1 Å². The van der Waals surface area contributed by atoms with Crippen LogP contribution in [0, 0.1) is 0 Å². The molecule has 1 aromatic heterocycles. The number of imidazole rings is 1. The van der Waals surface area contributed by atoms with E-state index in [0.29, 0.717) is 6.04 Å². The number of rotatable bonds is 7. The molecular weight excluding hydrogens is 254 g/mol. The number of aromatic nitrogens is 2. The maximum absolute atomic E-state index is 10.6. The largest absolute Gasteiger partial charge is 0.481 e. The van der Waals surface area contributed by atoms with E-state index in [1.54, 1.807) is 12.5 Å². The third-order valence-electron chi connectivity index (χ3n) is 3.08. The lowest BCUT2D eigenvalue weighted by Crippen LogP contribution is -2.29. The summed E-state index contributed by atoms with van der Waals surface area (Å²) in [5, 5.41) is 12.1. The van der Waals surface area contributed by atoms with Gasteiger partial charge in [-0.1, -0.05) is 24.3 Å². The maximum Gasteiger partial charge on any atom is 0.307 e. The molecule has 5 heteroatoms. The number of carboxylic acid groups (broad SMARTS) is 1. The normalized spacial score (nSPS) is 12.2. The molecule has 1 heterocycles. The van der Waals surface area contributed by atoms with Crippen molar-refractivity contribution >= 4 is 5.97 Å². The number of nitrogens with zero attached hydrogens (tertiary/aromatic N) is 2. The molecule has 0 aliphatic heterocycles. The van der Waals surface area contributed by atoms with E-state index < -0.39 is 5.97 Å². The topological polar surface area (TPSA) is 67.2 Å². The van der Waals surface area contributed by atoms with Crippen molar-refractivity contribution in [1.29, 1.82) is 0 Å². The molecule has 2 N–H and O–H groups in total. The van der Waals surface area contributed by atoms with Gasteiger partial charge < -0.3 is 15.0 Å². The highest BCUT2D eigenvalue weighted by Crippen LogP contribution is 2.05. The average Bonchev–Trinajstić information content (AvgIpc) is 2.90. The van der Waals surface area contributed by atoms with Crippen LogP contribution in [0.15, 0.2) is 43.0 Å². The Kier molecular flexibility index (Phi) is 4.90. The number of nitrogens with one attached hydrogen (secondary N) is 1. The SMILES string of the molecule is CC(Cn1ccnc1)NCc1ccc(CC(=O)O)cc1. The summed E-state index contributed by atoms with van der Waals surface area (Å²) in [6, 6.07) is 8.00. The molecule has 5 nitrogen and oxygen atoms in total. The summed E-state index contributed by atoms with van der Waals surface area (Å²) in [6.45, 7) is 3.76. The molecule has 2 rings (SSSR count). The standard InChI is InChI=1S/C15H19N3O2/c1-12(10-18-7-6-16-11-18)17-9-14-4-2-13(3-5-14)8-15(19)20/h2-7,11-12,17H,8-10H2,1H3,(H,19,20). The zero-order valence-electron chi connectivity index (χ0n) is 11.5. The van der Waals surface area contributed by atoms with E-state index in [1.807, 2.05) is 35.0 Å². The van der Waals surface area contributed by atoms with E-state index in [2.05, 4.69) is 17.2 Å². The van der Waals surface area contributed by atoms with Crippen molar-refractivity contribution in [2.45, 2.75) is 32.5 Å². The molecule has 0 saturated carbocycles. The first-order valence-electron chi connectivity index (χ1n) is 6.62. The molecular formula is C15H19N3O2. The van der Waals surface area contributed by atoms with Gasteiger partial charge in [0.1, 0.15) is 0 Å². The van der Waals surface area contributed by atoms with Crippen molar-refractivity contribution in [3.8, 4) is 0 Å². The summed E-state index contributed by atoms with van der Waals surface area (Å²) >= 11 is 0. The number of carboxylic acids is 1. The van der Waals surface area contributed by atoms with Gasteiger partial charge in [0.2, 0.25) is 0 Å². The highest BCUT2D eigenvalue weighted by atomic mass is 16.4. The van der Waals surface area contributed by atoms with E-state index >= 15 is 0 Å². The molecule has 0 spiro atoms. The molecule has 1 atom stereocenters. The van der Waals surface area contributed by atoms with Crippen molar-refractivity contribution in [3.05, 3.63) is 54.1 Å². The second kappa shape index (κ2) is 6.86. The molecule has 1 unspecified atom stereocenters. The second-order valence-corrected chi connectivity index (χ2v) is 4.93. The summed E-state index contributed by atoms with van der Waals surface area (Å²) < 4.78 is 2.04. The predicted molar refractivity (Wildman–Crippen MR) is 76.3 cm³/mol. The van der Waals surface area contributed by atoms with Gasteiger partial charge in [-0.3, -0.25) is 4.79 Å². The van der Waals surface area contributed by atoms with Crippen molar-refractivity contribution in [3.63, 3.8) is 0 Å². The van der Waals surface area contributed by atoms with Crippen molar-refractivity contribution in [2.75, 3.05) is 0 Å². The predicted octanol–water partition coefficient (Wildman–Crippen LogP) is 1.69. The average molecular weight is 273 g/mol. The van der Waals surface area contributed by atoms with Gasteiger partial charge in [-0.2, -0.15) is 0 Å². The van der Waals surface area contributed by atoms with Crippen molar-refractivity contribution in [1.82, 2.24) is 14.9 Å². The van der Waals surface area contributed by atoms with E-state index in [4.69, 9.17) is 5.11 Å². The Labute approximate surface area is 118 Å². The van der Waals surface area contributed by atoms with Crippen LogP contribution < -0.4 is 5.32 Å². The fourth-order valence-electron chi connectivity index (χ4n) is 2.02. The number of benzene rings is 1. The Morgan fingerprint density at radius 1 is 1.35 bits per heavy atom. The third kappa shape index (κ3) is 4.51. The van der Waals surface area contributed by atoms with Crippen LogP contribution >= 0.6 is 0 Å². The number of hydrogen-bond donors (Lipinski definition) is 2. The first kappa shape index (κ1) is 14.3. The van der Waals surface area contributed by atoms with E-state index in [0.717, 1.165) is 24.2 Å². The monoisotopic (exact) mass is 273 g/mol. The van der Waals surface area contributed by atoms with E-state index in [9.17, 15) is 4.79 Å². The molecule has 1 aromatic carbocycles. The molecule has 0 aliphatic carbocycles. The van der Waals surface area contributed by atoms with Crippen LogP contribution in [0.1, 0.15) is 18.1 Å². The lowest BCUT2D eigenvalue weighted by Gasteiger charge is -2.14. The van der Waals surface area contributed by atoms with E-state index in [-0.39, 0.29) is 6.42 Å². The molecule has 0 radical (unpaired) electrons. The summed E-state index contributed by atoms with van der Waals surface area (Å²) in [6.07, 6.45) is 5.59. The van der Waals surface area contributed by atoms with Crippen LogP contribution in [0.3, 0.4) is 0 Å². The summed E-state index contributed by atoms with van der Waals surface area (Å²) in [5.41, 5.74) is 1.98. The smallest absolute Gasteiger partial charge is 0.307 e. The van der Waals surface area contributed by atoms with E-state index in [1.165, 1.54) is 0 Å². The van der Waals surface area contributed by atoms with Crippen LogP contribution in [-0.2, 0) is 24.3 Å². The Bertz CT molecular complexity index is 535. The lowest BCUT2D eigenvalue weighted by molar-refractivity contribution is -0.136. The fraction of sp³-hybridized carbons (Fsp3) is 0.333. The van der Waals surface area contributed by atoms with Crippen molar-refractivity contribution < 1.29 is 9.90 Å². The second-order valence-electron chi connectivity index (χ2n) is 4.93. The molecule has 0 saturated heterocycles. The minimum absolute atomic E-state index is 0.0741. The number of carbonyl (C=O) groups is 1. The van der Waals surface area contributed by atoms with Gasteiger partial charge in [-0.15, -0.1) is 0 Å². The summed E-state index contributed by atoms with van der Waals surface area (Å²) in [4.78, 5) is 14.6. The zero-order chi connectivity index (χ0) is 14.4. The molecule has 0 amide bonds. The van der Waals surface area contributed by atoms with Crippen LogP contribution in [0.25, 0.3) is 0 Å². The zero-order valence-corrected chi connectivity index (χ0v) is 11.5. The van der Waals surface area contributed by atoms with Crippen molar-refractivity contribution in [2.24, 2.45) is 0 Å². The lowest BCUT2D eigenvalue weighted by atomic mass is 10.1. The Balaban J connectivity index is 1.80. The number of hydrogen-bond acceptors (Lipinski definition) is 3. The molecule has 0 fully saturated rings. The molecule has 0 bridgehead atoms. The Hall–Kier alpha value is -2.14. The van der Waals surface area contributed by atoms with Crippen LogP contribution in [-0.4, -0.2) is 26.7 Å². The molecule has 2 aromatic rings. The molecule has 0 aliphatic rings. The van der Waals surface area contributed by atoms with Gasteiger partial charge >= 0.3 is 5.97 Å². The Morgan fingerprint density at radius 3 is 2.65 bits per heavy atom. The quantitative estimate of drug-likeness (QED) is 0.805. The minimum atomic E-state index is -0.801. The summed E-state index contributed by atoms with van der Waals surface area (Å²) in [7, 11) is 0. The third-order valence-corrected chi connectivity index (χ3v) is 3.08.